The predicted molar refractivity (Wildman–Crippen MR) is 341 cm³/mol. The van der Waals surface area contributed by atoms with Crippen LogP contribution in [0.3, 0.4) is 0 Å². The molecule has 1 aromatic rings. The van der Waals surface area contributed by atoms with E-state index in [4.69, 9.17) is 42.6 Å². The van der Waals surface area contributed by atoms with Gasteiger partial charge in [-0.25, -0.2) is 4.68 Å². The van der Waals surface area contributed by atoms with E-state index in [-0.39, 0.29) is 43.8 Å². The van der Waals surface area contributed by atoms with Gasteiger partial charge in [0.15, 0.2) is 11.6 Å². The standard InChI is InChI=1S/C67H121F6N3O9S2/c1-63(2)82-55-61(84-63)53-79-51-60(52-80-54-62-56-83-64(3,4)85-62)81-48-58-47-76(75-74-58)59(49-77-41-30-22-14-7-6-8-16-24-32-43-86-44-33-25-17-9-12-20-28-37-66(68,69)70)50-78-42-31-23-15-11-19-27-35-57(65(5)39-40-65)36-46-87-45-34-26-18-10-13-21-29-38-67(71,72)73/h47,57,59-62H,6-46,48-56H2,1-5H3. The first kappa shape index (κ1) is 78.5. The summed E-state index contributed by atoms with van der Waals surface area (Å²) in [7, 11) is 0. The minimum absolute atomic E-state index is 0.128. The molecule has 2 aliphatic heterocycles. The maximum atomic E-state index is 12.4. The molecule has 0 N–H and O–H groups in total. The highest BCUT2D eigenvalue weighted by Gasteiger charge is 2.43. The van der Waals surface area contributed by atoms with E-state index >= 15 is 0 Å². The lowest BCUT2D eigenvalue weighted by molar-refractivity contribution is -0.152. The van der Waals surface area contributed by atoms with E-state index in [0.717, 1.165) is 70.1 Å². The number of thioether (sulfide) groups is 2. The summed E-state index contributed by atoms with van der Waals surface area (Å²) in [5, 5.41) is 9.07. The van der Waals surface area contributed by atoms with Gasteiger partial charge in [-0.15, -0.1) is 5.10 Å². The molecule has 1 saturated carbocycles. The van der Waals surface area contributed by atoms with Crippen molar-refractivity contribution in [1.82, 2.24) is 15.0 Å². The second-order valence-electron chi connectivity index (χ2n) is 26.5. The molecule has 3 heterocycles. The molecule has 12 nitrogen and oxygen atoms in total. The number of hydrogen-bond acceptors (Lipinski definition) is 13. The maximum Gasteiger partial charge on any atom is 0.389 e. The lowest BCUT2D eigenvalue weighted by Gasteiger charge is -2.23. The summed E-state index contributed by atoms with van der Waals surface area (Å²) in [6, 6.07) is -0.128. The SMILES string of the molecule is CC1(C)OCC(COCC(COCC2COC(C)(C)O2)OCc2cn(C(COCCCCCCCCCCCSCCCCCCCCCC(F)(F)F)COCCCCCCCCC(CCSCCCCCCCCCC(F)(F)F)C3(C)CC3)nn2)O1. The van der Waals surface area contributed by atoms with Crippen molar-refractivity contribution < 1.29 is 69.0 Å². The summed E-state index contributed by atoms with van der Waals surface area (Å²) in [5.74, 6) is 4.43. The second-order valence-corrected chi connectivity index (χ2v) is 29.0. The molecule has 4 unspecified atom stereocenters. The Morgan fingerprint density at radius 3 is 1.32 bits per heavy atom. The smallest absolute Gasteiger partial charge is 0.379 e. The van der Waals surface area contributed by atoms with Gasteiger partial charge in [-0.2, -0.15) is 49.9 Å². The third-order valence-corrected chi connectivity index (χ3v) is 19.4. The molecule has 0 bridgehead atoms. The third-order valence-electron chi connectivity index (χ3n) is 17.2. The molecule has 3 fully saturated rings. The van der Waals surface area contributed by atoms with Crippen LogP contribution in [0.2, 0.25) is 0 Å². The highest BCUT2D eigenvalue weighted by atomic mass is 32.2. The van der Waals surface area contributed by atoms with Crippen LogP contribution in [0.1, 0.15) is 271 Å². The number of nitrogens with zero attached hydrogens (tertiary/aromatic N) is 3. The lowest BCUT2D eigenvalue weighted by atomic mass is 9.84. The van der Waals surface area contributed by atoms with Crippen molar-refractivity contribution >= 4 is 23.5 Å². The molecule has 0 spiro atoms. The minimum atomic E-state index is -4.01. The zero-order valence-corrected chi connectivity index (χ0v) is 56.6. The van der Waals surface area contributed by atoms with Crippen LogP contribution in [-0.4, -0.2) is 146 Å². The van der Waals surface area contributed by atoms with Crippen LogP contribution >= 0.6 is 23.5 Å². The highest BCUT2D eigenvalue weighted by molar-refractivity contribution is 7.99. The van der Waals surface area contributed by atoms with E-state index in [1.54, 1.807) is 0 Å². The van der Waals surface area contributed by atoms with E-state index in [0.29, 0.717) is 90.0 Å². The van der Waals surface area contributed by atoms with Crippen LogP contribution in [0.5, 0.6) is 0 Å². The molecule has 1 aromatic heterocycles. The van der Waals surface area contributed by atoms with Crippen molar-refractivity contribution in [2.75, 3.05) is 89.1 Å². The first-order valence-electron chi connectivity index (χ1n) is 34.6. The van der Waals surface area contributed by atoms with Crippen LogP contribution in [0, 0.1) is 11.3 Å². The fourth-order valence-corrected chi connectivity index (χ4v) is 13.6. The number of rotatable bonds is 59. The van der Waals surface area contributed by atoms with Gasteiger partial charge in [0.25, 0.3) is 0 Å². The van der Waals surface area contributed by atoms with Gasteiger partial charge in [0.2, 0.25) is 0 Å². The first-order chi connectivity index (χ1) is 41.8. The maximum absolute atomic E-state index is 12.4. The van der Waals surface area contributed by atoms with Gasteiger partial charge in [-0.1, -0.05) is 153 Å². The zero-order valence-electron chi connectivity index (χ0n) is 54.9. The normalized spacial score (nSPS) is 19.3. The molecular formula is C67H121F6N3O9S2. The largest absolute Gasteiger partial charge is 0.389 e. The number of hydrogen-bond donors (Lipinski definition) is 0. The number of ether oxygens (including phenoxy) is 9. The van der Waals surface area contributed by atoms with Gasteiger partial charge >= 0.3 is 12.4 Å². The van der Waals surface area contributed by atoms with Crippen molar-refractivity contribution in [2.45, 2.75) is 314 Å². The molecule has 3 aliphatic rings. The Bertz CT molecular complexity index is 1770. The number of unbranched alkanes of at least 4 members (excludes halogenated alkanes) is 25. The van der Waals surface area contributed by atoms with E-state index in [1.807, 2.05) is 38.6 Å². The molecule has 4 atom stereocenters. The van der Waals surface area contributed by atoms with Gasteiger partial charge in [-0.3, -0.25) is 0 Å². The average Bonchev–Trinajstić information content (AvgIpc) is 1.87. The number of halogens is 6. The van der Waals surface area contributed by atoms with Gasteiger partial charge in [0.05, 0.1) is 65.7 Å². The molecule has 2 saturated heterocycles. The molecule has 1 aliphatic carbocycles. The Morgan fingerprint density at radius 2 is 0.908 bits per heavy atom. The first-order valence-corrected chi connectivity index (χ1v) is 36.9. The predicted octanol–water partition coefficient (Wildman–Crippen LogP) is 19.0. The minimum Gasteiger partial charge on any atom is -0.379 e. The summed E-state index contributed by atoms with van der Waals surface area (Å²) < 4.78 is 130. The lowest BCUT2D eigenvalue weighted by Crippen LogP contribution is -2.31. The fraction of sp³-hybridized carbons (Fsp3) is 0.970. The van der Waals surface area contributed by atoms with Crippen molar-refractivity contribution in [3.05, 3.63) is 11.9 Å². The van der Waals surface area contributed by atoms with Gasteiger partial charge in [-0.05, 0) is 133 Å². The van der Waals surface area contributed by atoms with Gasteiger partial charge in [0.1, 0.15) is 30.0 Å². The monoisotopic (exact) mass is 1290 g/mol. The Hall–Kier alpha value is -0.940. The molecule has 512 valence electrons. The molecule has 20 heteroatoms. The molecule has 0 radical (unpaired) electrons. The fourth-order valence-electron chi connectivity index (χ4n) is 11.5. The quantitative estimate of drug-likeness (QED) is 0.0456. The van der Waals surface area contributed by atoms with Crippen LogP contribution in [0.4, 0.5) is 26.3 Å². The molecule has 0 aromatic carbocycles. The second kappa shape index (κ2) is 46.2. The summed E-state index contributed by atoms with van der Waals surface area (Å²) in [6.45, 7) is 15.0. The van der Waals surface area contributed by atoms with E-state index in [2.05, 4.69) is 40.8 Å². The number of alkyl halides is 6. The van der Waals surface area contributed by atoms with Gasteiger partial charge < -0.3 is 42.6 Å². The third kappa shape index (κ3) is 42.1. The van der Waals surface area contributed by atoms with E-state index in [9.17, 15) is 26.3 Å². The van der Waals surface area contributed by atoms with Crippen LogP contribution in [0.15, 0.2) is 6.20 Å². The van der Waals surface area contributed by atoms with Gasteiger partial charge in [0, 0.05) is 26.1 Å². The van der Waals surface area contributed by atoms with Crippen molar-refractivity contribution in [3.8, 4) is 0 Å². The molecule has 87 heavy (non-hydrogen) atoms. The topological polar surface area (TPSA) is 114 Å². The van der Waals surface area contributed by atoms with Crippen molar-refractivity contribution in [1.29, 1.82) is 0 Å². The van der Waals surface area contributed by atoms with Crippen molar-refractivity contribution in [2.24, 2.45) is 11.3 Å². The zero-order chi connectivity index (χ0) is 62.8. The van der Waals surface area contributed by atoms with Crippen LogP contribution < -0.4 is 0 Å². The average molecular weight is 1290 g/mol. The van der Waals surface area contributed by atoms with Crippen LogP contribution in [0.25, 0.3) is 0 Å². The van der Waals surface area contributed by atoms with Crippen molar-refractivity contribution in [3.63, 3.8) is 0 Å². The Labute approximate surface area is 531 Å². The summed E-state index contributed by atoms with van der Waals surface area (Å²) in [5.41, 5.74) is 1.25. The van der Waals surface area contributed by atoms with E-state index < -0.39 is 36.8 Å². The summed E-state index contributed by atoms with van der Waals surface area (Å²) in [4.78, 5) is 0. The Kier molecular flexibility index (Phi) is 41.7. The number of aromatic nitrogens is 3. The van der Waals surface area contributed by atoms with E-state index in [1.165, 1.54) is 145 Å². The highest BCUT2D eigenvalue weighted by Crippen LogP contribution is 2.54. The molecule has 4 rings (SSSR count). The Morgan fingerprint density at radius 1 is 0.506 bits per heavy atom. The summed E-state index contributed by atoms with van der Waals surface area (Å²) >= 11 is 4.15. The summed E-state index contributed by atoms with van der Waals surface area (Å²) in [6.07, 6.45) is 28.7. The van der Waals surface area contributed by atoms with Crippen LogP contribution in [-0.2, 0) is 49.2 Å². The molecular weight excluding hydrogens is 1170 g/mol. The molecule has 0 amide bonds. The Balaban J connectivity index is 1.10.